The lowest BCUT2D eigenvalue weighted by Gasteiger charge is -2.46. The van der Waals surface area contributed by atoms with Gasteiger partial charge in [-0.05, 0) is 24.5 Å². The van der Waals surface area contributed by atoms with Crippen molar-refractivity contribution in [3.8, 4) is 0 Å². The summed E-state index contributed by atoms with van der Waals surface area (Å²) >= 11 is 0. The van der Waals surface area contributed by atoms with Gasteiger partial charge in [-0.2, -0.15) is 0 Å². The summed E-state index contributed by atoms with van der Waals surface area (Å²) in [5, 5.41) is 0. The number of benzene rings is 1. The summed E-state index contributed by atoms with van der Waals surface area (Å²) in [4.78, 5) is 26.7. The van der Waals surface area contributed by atoms with Gasteiger partial charge in [-0.15, -0.1) is 0 Å². The molecule has 1 amide bonds. The van der Waals surface area contributed by atoms with Crippen LogP contribution in [0.4, 0.5) is 10.5 Å². The first kappa shape index (κ1) is 15.2. The number of ether oxygens (including phenoxy) is 3. The van der Waals surface area contributed by atoms with Crippen molar-refractivity contribution in [3.05, 3.63) is 41.5 Å². The van der Waals surface area contributed by atoms with Crippen molar-refractivity contribution < 1.29 is 23.8 Å². The zero-order valence-corrected chi connectivity index (χ0v) is 13.7. The third-order valence-electron chi connectivity index (χ3n) is 5.50. The van der Waals surface area contributed by atoms with E-state index in [-0.39, 0.29) is 5.97 Å². The molecule has 0 unspecified atom stereocenters. The fraction of sp³-hybridized carbons (Fsp3) is 0.444. The molecule has 4 rings (SSSR count). The quantitative estimate of drug-likeness (QED) is 0.741. The zero-order valence-electron chi connectivity index (χ0n) is 13.7. The van der Waals surface area contributed by atoms with Crippen molar-refractivity contribution in [1.29, 1.82) is 0 Å². The molecule has 0 aromatic heterocycles. The Labute approximate surface area is 140 Å². The highest BCUT2D eigenvalue weighted by molar-refractivity contribution is 6.00. The molecule has 1 fully saturated rings. The number of fused-ring (bicyclic) bond motifs is 1. The fourth-order valence-electron chi connectivity index (χ4n) is 4.69. The molecule has 2 aliphatic heterocycles. The fourth-order valence-corrected chi connectivity index (χ4v) is 4.69. The standard InChI is InChI=1S/C18H19NO5/c1-22-15(20)13-7-5-9-18-17(13,10-11-24-18)12-6-3-4-8-14(12)19(18)16(21)23-2/h3-4,6-8H,5,9-11H2,1-2H3/t17-,18-/m0/s1. The van der Waals surface area contributed by atoms with Crippen LogP contribution >= 0.6 is 0 Å². The summed E-state index contributed by atoms with van der Waals surface area (Å²) in [6.07, 6.45) is 3.32. The van der Waals surface area contributed by atoms with Gasteiger partial charge in [0.2, 0.25) is 0 Å². The lowest BCUT2D eigenvalue weighted by Crippen LogP contribution is -2.60. The highest BCUT2D eigenvalue weighted by Gasteiger charge is 2.71. The second-order valence-corrected chi connectivity index (χ2v) is 6.26. The van der Waals surface area contributed by atoms with Crippen molar-refractivity contribution in [3.63, 3.8) is 0 Å². The highest BCUT2D eigenvalue weighted by Crippen LogP contribution is 2.64. The first-order valence-electron chi connectivity index (χ1n) is 8.03. The Kier molecular flexibility index (Phi) is 3.22. The first-order chi connectivity index (χ1) is 11.6. The number of hydrogen-bond acceptors (Lipinski definition) is 5. The van der Waals surface area contributed by atoms with Crippen LogP contribution in [0.3, 0.4) is 0 Å². The lowest BCUT2D eigenvalue weighted by atomic mass is 9.63. The van der Waals surface area contributed by atoms with E-state index in [4.69, 9.17) is 14.2 Å². The Morgan fingerprint density at radius 3 is 2.71 bits per heavy atom. The molecule has 3 aliphatic rings. The summed E-state index contributed by atoms with van der Waals surface area (Å²) in [6, 6.07) is 7.62. The van der Waals surface area contributed by atoms with Gasteiger partial charge in [0.05, 0.1) is 31.9 Å². The van der Waals surface area contributed by atoms with Crippen LogP contribution in [-0.4, -0.2) is 38.6 Å². The SMILES string of the molecule is COC(=O)C1=CCC[C@]23OCC[C@]12c1ccccc1N3C(=O)OC. The van der Waals surface area contributed by atoms with Gasteiger partial charge in [0.15, 0.2) is 5.72 Å². The van der Waals surface area contributed by atoms with Gasteiger partial charge in [-0.1, -0.05) is 24.3 Å². The molecule has 1 saturated heterocycles. The molecule has 6 nitrogen and oxygen atoms in total. The van der Waals surface area contributed by atoms with Crippen LogP contribution in [-0.2, 0) is 24.4 Å². The van der Waals surface area contributed by atoms with Gasteiger partial charge >= 0.3 is 12.1 Å². The van der Waals surface area contributed by atoms with Crippen LogP contribution in [0.1, 0.15) is 24.8 Å². The van der Waals surface area contributed by atoms with Gasteiger partial charge in [0.25, 0.3) is 0 Å². The summed E-state index contributed by atoms with van der Waals surface area (Å²) in [7, 11) is 2.74. The predicted molar refractivity (Wildman–Crippen MR) is 85.6 cm³/mol. The first-order valence-corrected chi connectivity index (χ1v) is 8.03. The maximum absolute atomic E-state index is 12.6. The van der Waals surface area contributed by atoms with Gasteiger partial charge in [-0.3, -0.25) is 0 Å². The van der Waals surface area contributed by atoms with Crippen LogP contribution in [0.5, 0.6) is 0 Å². The highest BCUT2D eigenvalue weighted by atomic mass is 16.6. The number of hydrogen-bond donors (Lipinski definition) is 0. The van der Waals surface area contributed by atoms with E-state index in [0.29, 0.717) is 31.4 Å². The third-order valence-corrected chi connectivity index (χ3v) is 5.50. The predicted octanol–water partition coefficient (Wildman–Crippen LogP) is 2.52. The van der Waals surface area contributed by atoms with Crippen molar-refractivity contribution in [2.24, 2.45) is 0 Å². The van der Waals surface area contributed by atoms with Crippen LogP contribution in [0, 0.1) is 0 Å². The molecular formula is C18H19NO5. The molecule has 24 heavy (non-hydrogen) atoms. The van der Waals surface area contributed by atoms with Crippen LogP contribution in [0.15, 0.2) is 35.9 Å². The minimum Gasteiger partial charge on any atom is -0.466 e. The maximum Gasteiger partial charge on any atom is 0.416 e. The third kappa shape index (κ3) is 1.54. The minimum absolute atomic E-state index is 0.369. The summed E-state index contributed by atoms with van der Waals surface area (Å²) < 4.78 is 16.2. The molecule has 0 spiro atoms. The maximum atomic E-state index is 12.6. The van der Waals surface area contributed by atoms with Gasteiger partial charge in [0, 0.05) is 12.0 Å². The second kappa shape index (κ2) is 5.08. The summed E-state index contributed by atoms with van der Waals surface area (Å²) in [5.41, 5.74) is 0.600. The molecule has 0 bridgehead atoms. The van der Waals surface area contributed by atoms with E-state index in [1.165, 1.54) is 14.2 Å². The van der Waals surface area contributed by atoms with Gasteiger partial charge in [-0.25, -0.2) is 14.5 Å². The van der Waals surface area contributed by atoms with Crippen molar-refractivity contribution in [1.82, 2.24) is 0 Å². The monoisotopic (exact) mass is 329 g/mol. The molecule has 1 aromatic rings. The number of para-hydroxylation sites is 1. The molecule has 1 aromatic carbocycles. The Morgan fingerprint density at radius 2 is 1.96 bits per heavy atom. The minimum atomic E-state index is -0.929. The van der Waals surface area contributed by atoms with Crippen LogP contribution in [0.2, 0.25) is 0 Å². The number of esters is 1. The number of anilines is 1. The Morgan fingerprint density at radius 1 is 1.17 bits per heavy atom. The zero-order chi connectivity index (χ0) is 16.9. The van der Waals surface area contributed by atoms with E-state index in [1.54, 1.807) is 4.90 Å². The molecule has 0 saturated carbocycles. The number of allylic oxidation sites excluding steroid dienone is 1. The molecule has 2 atom stereocenters. The lowest BCUT2D eigenvalue weighted by molar-refractivity contribution is -0.138. The molecular weight excluding hydrogens is 310 g/mol. The number of carbonyl (C=O) groups is 2. The molecule has 2 heterocycles. The second-order valence-electron chi connectivity index (χ2n) is 6.26. The topological polar surface area (TPSA) is 65.1 Å². The molecule has 6 heteroatoms. The van der Waals surface area contributed by atoms with Crippen molar-refractivity contribution in [2.75, 3.05) is 25.7 Å². The van der Waals surface area contributed by atoms with E-state index >= 15 is 0 Å². The van der Waals surface area contributed by atoms with E-state index in [9.17, 15) is 9.59 Å². The average molecular weight is 329 g/mol. The van der Waals surface area contributed by atoms with Crippen LogP contribution in [0.25, 0.3) is 0 Å². The molecule has 0 N–H and O–H groups in total. The van der Waals surface area contributed by atoms with E-state index in [2.05, 4.69) is 0 Å². The normalized spacial score (nSPS) is 30.1. The van der Waals surface area contributed by atoms with Gasteiger partial charge < -0.3 is 14.2 Å². The Hall–Kier alpha value is -2.34. The Balaban J connectivity index is 2.02. The largest absolute Gasteiger partial charge is 0.466 e. The number of nitrogens with zero attached hydrogens (tertiary/aromatic N) is 1. The molecule has 1 aliphatic carbocycles. The molecule has 126 valence electrons. The van der Waals surface area contributed by atoms with E-state index in [1.807, 2.05) is 30.3 Å². The van der Waals surface area contributed by atoms with E-state index in [0.717, 1.165) is 11.3 Å². The smallest absolute Gasteiger partial charge is 0.416 e. The molecule has 0 radical (unpaired) electrons. The summed E-state index contributed by atoms with van der Waals surface area (Å²) in [5.74, 6) is -0.369. The van der Waals surface area contributed by atoms with E-state index < -0.39 is 17.2 Å². The number of rotatable bonds is 1. The van der Waals surface area contributed by atoms with Gasteiger partial charge in [0.1, 0.15) is 0 Å². The van der Waals surface area contributed by atoms with Crippen LogP contribution < -0.4 is 4.90 Å². The average Bonchev–Trinajstić information content (AvgIpc) is 3.12. The number of carbonyl (C=O) groups excluding carboxylic acids is 2. The van der Waals surface area contributed by atoms with Crippen molar-refractivity contribution >= 4 is 17.7 Å². The Bertz CT molecular complexity index is 758. The number of methoxy groups -OCH3 is 2. The number of amides is 1. The summed E-state index contributed by atoms with van der Waals surface area (Å²) in [6.45, 7) is 0.468. The van der Waals surface area contributed by atoms with Crippen molar-refractivity contribution in [2.45, 2.75) is 30.4 Å².